The Morgan fingerprint density at radius 1 is 0.718 bits per heavy atom. The molecule has 204 valence electrons. The highest BCUT2D eigenvalue weighted by Gasteiger charge is 2.53. The molecule has 1 fully saturated rings. The normalized spacial score (nSPS) is 20.8. The minimum Gasteiger partial charge on any atom is -0.493 e. The summed E-state index contributed by atoms with van der Waals surface area (Å²) in [6.07, 6.45) is 1.56. The predicted octanol–water partition coefficient (Wildman–Crippen LogP) is 5.66. The molecule has 8 heteroatoms. The van der Waals surface area contributed by atoms with Gasteiger partial charge in [-0.05, 0) is 64.1 Å². The lowest BCUT2D eigenvalue weighted by molar-refractivity contribution is 0.00578. The Hall–Kier alpha value is -3.10. The van der Waals surface area contributed by atoms with Gasteiger partial charge in [-0.2, -0.15) is 0 Å². The number of H-pyrrole nitrogens is 2. The fourth-order valence-corrected chi connectivity index (χ4v) is 5.77. The molecule has 0 radical (unpaired) electrons. The summed E-state index contributed by atoms with van der Waals surface area (Å²) in [7, 11) is 1.18. The molecule has 3 aliphatic heterocycles. The molecule has 2 N–H and O–H groups in total. The zero-order valence-electron chi connectivity index (χ0n) is 24.6. The van der Waals surface area contributed by atoms with Crippen molar-refractivity contribution in [2.45, 2.75) is 90.3 Å². The number of fused-ring (bicyclic) bond motifs is 8. The van der Waals surface area contributed by atoms with Crippen LogP contribution in [0.5, 0.6) is 5.75 Å². The largest absolute Gasteiger partial charge is 0.498 e. The first-order chi connectivity index (χ1) is 18.2. The topological polar surface area (TPSA) is 85.1 Å². The van der Waals surface area contributed by atoms with E-state index in [1.807, 2.05) is 0 Å². The van der Waals surface area contributed by atoms with E-state index in [-0.39, 0.29) is 10.8 Å². The molecule has 6 heterocycles. The molecule has 3 aromatic heterocycles. The average molecular weight is 526 g/mol. The van der Waals surface area contributed by atoms with Crippen molar-refractivity contribution in [3.63, 3.8) is 0 Å². The van der Waals surface area contributed by atoms with Crippen LogP contribution in [0.2, 0.25) is 0 Å². The summed E-state index contributed by atoms with van der Waals surface area (Å²) >= 11 is 0. The highest BCUT2D eigenvalue weighted by molar-refractivity contribution is 6.64. The molecule has 0 aliphatic carbocycles. The molecule has 0 amide bonds. The number of rotatable bonds is 2. The van der Waals surface area contributed by atoms with Gasteiger partial charge >= 0.3 is 7.12 Å². The smallest absolute Gasteiger partial charge is 0.493 e. The molecule has 0 unspecified atom stereocenters. The van der Waals surface area contributed by atoms with E-state index in [4.69, 9.17) is 24.0 Å². The third-order valence-electron chi connectivity index (χ3n) is 8.92. The van der Waals surface area contributed by atoms with Gasteiger partial charge in [-0.25, -0.2) is 0 Å². The highest BCUT2D eigenvalue weighted by atomic mass is 16.7. The van der Waals surface area contributed by atoms with Crippen molar-refractivity contribution in [2.75, 3.05) is 7.11 Å². The Labute approximate surface area is 230 Å². The van der Waals surface area contributed by atoms with Crippen molar-refractivity contribution >= 4 is 34.6 Å². The molecule has 0 aromatic carbocycles. The zero-order chi connectivity index (χ0) is 28.0. The van der Waals surface area contributed by atoms with Gasteiger partial charge in [0.2, 0.25) is 0 Å². The quantitative estimate of drug-likeness (QED) is 0.421. The number of nitrogens with one attached hydrogen (secondary N) is 2. The van der Waals surface area contributed by atoms with Crippen molar-refractivity contribution in [1.29, 1.82) is 0 Å². The SMILES string of the molecule is COc1c2nc(cc3ccc([nH]3)c(B3OC(C)(C)C(C)(C)O3)c3nc(cc4ccc1[nH]4)C(C)(C)C3)C(C)(C)C2. The number of aromatic nitrogens is 4. The second-order valence-electron chi connectivity index (χ2n) is 13.5. The molecular weight excluding hydrogens is 487 g/mol. The Morgan fingerprint density at radius 2 is 1.21 bits per heavy atom. The zero-order valence-corrected chi connectivity index (χ0v) is 24.6. The van der Waals surface area contributed by atoms with Crippen molar-refractivity contribution in [1.82, 2.24) is 19.9 Å². The second kappa shape index (κ2) is 8.45. The number of methoxy groups -OCH3 is 1. The minimum atomic E-state index is -0.537. The summed E-state index contributed by atoms with van der Waals surface area (Å²) in [4.78, 5) is 17.5. The molecule has 0 spiro atoms. The molecule has 6 rings (SSSR count). The van der Waals surface area contributed by atoms with Gasteiger partial charge < -0.3 is 24.0 Å². The molecule has 0 atom stereocenters. The van der Waals surface area contributed by atoms with E-state index >= 15 is 0 Å². The van der Waals surface area contributed by atoms with Crippen LogP contribution in [-0.4, -0.2) is 45.4 Å². The molecule has 39 heavy (non-hydrogen) atoms. The van der Waals surface area contributed by atoms with Crippen LogP contribution in [0.15, 0.2) is 36.4 Å². The summed E-state index contributed by atoms with van der Waals surface area (Å²) < 4.78 is 19.1. The van der Waals surface area contributed by atoms with Crippen LogP contribution in [0.3, 0.4) is 0 Å². The Kier molecular flexibility index (Phi) is 5.67. The van der Waals surface area contributed by atoms with Gasteiger partial charge in [0.15, 0.2) is 5.75 Å². The van der Waals surface area contributed by atoms with Crippen LogP contribution in [-0.2, 0) is 33.0 Å². The van der Waals surface area contributed by atoms with Crippen molar-refractivity contribution < 1.29 is 14.0 Å². The van der Waals surface area contributed by atoms with Gasteiger partial charge in [0.25, 0.3) is 0 Å². The number of ether oxygens (including phenoxy) is 1. The Morgan fingerprint density at radius 3 is 1.77 bits per heavy atom. The molecular formula is C31H39BN4O3. The lowest BCUT2D eigenvalue weighted by atomic mass is 9.75. The number of aromatic amines is 2. The van der Waals surface area contributed by atoms with Gasteiger partial charge in [0.1, 0.15) is 0 Å². The van der Waals surface area contributed by atoms with Crippen LogP contribution < -0.4 is 10.2 Å². The summed E-state index contributed by atoms with van der Waals surface area (Å²) in [6.45, 7) is 17.3. The lowest BCUT2D eigenvalue weighted by Gasteiger charge is -2.32. The third kappa shape index (κ3) is 4.29. The minimum absolute atomic E-state index is 0.138. The van der Waals surface area contributed by atoms with Crippen LogP contribution in [0, 0.1) is 0 Å². The summed E-state index contributed by atoms with van der Waals surface area (Å²) in [6, 6.07) is 12.6. The summed E-state index contributed by atoms with van der Waals surface area (Å²) in [5, 5.41) is 0. The molecule has 8 bridgehead atoms. The van der Waals surface area contributed by atoms with Crippen LogP contribution in [0.4, 0.5) is 0 Å². The van der Waals surface area contributed by atoms with Gasteiger partial charge in [-0.3, -0.25) is 9.97 Å². The average Bonchev–Trinajstić information content (AvgIpc) is 3.60. The Bertz CT molecular complexity index is 1610. The summed E-state index contributed by atoms with van der Waals surface area (Å²) in [5.74, 6) is 0.779. The van der Waals surface area contributed by atoms with Crippen molar-refractivity contribution in [3.8, 4) is 5.75 Å². The first-order valence-electron chi connectivity index (χ1n) is 13.8. The van der Waals surface area contributed by atoms with Crippen molar-refractivity contribution in [3.05, 3.63) is 59.2 Å². The predicted molar refractivity (Wildman–Crippen MR) is 157 cm³/mol. The molecule has 0 saturated carbocycles. The first kappa shape index (κ1) is 26.1. The molecule has 3 aromatic rings. The molecule has 7 nitrogen and oxygen atoms in total. The fourth-order valence-electron chi connectivity index (χ4n) is 5.77. The third-order valence-corrected chi connectivity index (χ3v) is 8.92. The van der Waals surface area contributed by atoms with E-state index in [2.05, 4.69) is 102 Å². The van der Waals surface area contributed by atoms with E-state index < -0.39 is 18.3 Å². The molecule has 3 aliphatic rings. The van der Waals surface area contributed by atoms with Crippen LogP contribution in [0.1, 0.15) is 78.2 Å². The number of hydrogen-bond donors (Lipinski definition) is 2. The van der Waals surface area contributed by atoms with Gasteiger partial charge in [0, 0.05) is 62.8 Å². The van der Waals surface area contributed by atoms with Gasteiger partial charge in [-0.15, -0.1) is 0 Å². The van der Waals surface area contributed by atoms with E-state index in [9.17, 15) is 0 Å². The van der Waals surface area contributed by atoms with E-state index in [1.165, 1.54) is 0 Å². The van der Waals surface area contributed by atoms with E-state index in [0.29, 0.717) is 0 Å². The lowest BCUT2D eigenvalue weighted by Crippen LogP contribution is -2.41. The van der Waals surface area contributed by atoms with Gasteiger partial charge in [-0.1, -0.05) is 27.7 Å². The van der Waals surface area contributed by atoms with E-state index in [1.54, 1.807) is 7.11 Å². The second-order valence-corrected chi connectivity index (χ2v) is 13.5. The monoisotopic (exact) mass is 526 g/mol. The molecule has 1 saturated heterocycles. The Balaban J connectivity index is 1.70. The van der Waals surface area contributed by atoms with E-state index in [0.717, 1.165) is 68.9 Å². The number of hydrogen-bond acceptors (Lipinski definition) is 5. The maximum absolute atomic E-state index is 6.58. The van der Waals surface area contributed by atoms with Crippen molar-refractivity contribution in [2.24, 2.45) is 0 Å². The van der Waals surface area contributed by atoms with Crippen LogP contribution in [0.25, 0.3) is 22.1 Å². The maximum atomic E-state index is 6.58. The fraction of sp³-hybridized carbons (Fsp3) is 0.484. The van der Waals surface area contributed by atoms with Gasteiger partial charge in [0.05, 0.1) is 29.5 Å². The first-order valence-corrected chi connectivity index (χ1v) is 13.8. The standard InChI is InChI=1S/C31H39BN4O3/c1-28(2)16-22-26(32-38-30(5,6)31(7,8)39-32)20-12-10-18(33-20)14-25-29(3,4)17-23(36-25)27(37-9)21-13-11-19(34-21)15-24(28)35-22/h10-15,33-34H,16-17H2,1-9H3. The highest BCUT2D eigenvalue weighted by Crippen LogP contribution is 2.39. The summed E-state index contributed by atoms with van der Waals surface area (Å²) in [5.41, 5.74) is 7.52. The maximum Gasteiger partial charge on any atom is 0.498 e. The number of nitrogens with zero attached hydrogens (tertiary/aromatic N) is 2. The van der Waals surface area contributed by atoms with Crippen LogP contribution >= 0.6 is 0 Å².